The Hall–Kier alpha value is -2.53. The standard InChI is InChI=1S/C22H25NO4/c1-4-26-19-12-14(25-3)11-16-21(19)20-15(22(16)24)7-5-9-18(20)27-13(2)17-8-6-10-23-17/h5,7,9,11-13,17,23H,4,6,8,10H2,1-3H3. The number of rotatable bonds is 6. The molecule has 0 saturated carbocycles. The zero-order valence-corrected chi connectivity index (χ0v) is 16.0. The van der Waals surface area contributed by atoms with Gasteiger partial charge in [-0.05, 0) is 45.4 Å². The summed E-state index contributed by atoms with van der Waals surface area (Å²) in [6, 6.07) is 9.62. The van der Waals surface area contributed by atoms with Crippen molar-refractivity contribution in [3.05, 3.63) is 41.5 Å². The summed E-state index contributed by atoms with van der Waals surface area (Å²) in [6.45, 7) is 5.55. The Bertz CT molecular complexity index is 871. The van der Waals surface area contributed by atoms with Gasteiger partial charge in [0.2, 0.25) is 0 Å². The van der Waals surface area contributed by atoms with Crippen LogP contribution in [-0.2, 0) is 0 Å². The van der Waals surface area contributed by atoms with Gasteiger partial charge in [0.1, 0.15) is 23.4 Å². The molecule has 2 aliphatic rings. The van der Waals surface area contributed by atoms with Gasteiger partial charge in [-0.25, -0.2) is 0 Å². The average Bonchev–Trinajstić information content (AvgIpc) is 3.30. The molecule has 1 fully saturated rings. The maximum absolute atomic E-state index is 13.0. The lowest BCUT2D eigenvalue weighted by Crippen LogP contribution is -2.36. The van der Waals surface area contributed by atoms with Crippen LogP contribution < -0.4 is 19.5 Å². The molecule has 2 atom stereocenters. The van der Waals surface area contributed by atoms with Crippen molar-refractivity contribution in [3.63, 3.8) is 0 Å². The fourth-order valence-electron chi connectivity index (χ4n) is 4.03. The summed E-state index contributed by atoms with van der Waals surface area (Å²) in [6.07, 6.45) is 2.29. The van der Waals surface area contributed by atoms with Crippen molar-refractivity contribution >= 4 is 5.78 Å². The van der Waals surface area contributed by atoms with Crippen LogP contribution in [0.1, 0.15) is 42.6 Å². The predicted octanol–water partition coefficient (Wildman–Crippen LogP) is 3.82. The van der Waals surface area contributed by atoms with Crippen molar-refractivity contribution in [1.82, 2.24) is 5.32 Å². The molecule has 0 bridgehead atoms. The number of benzene rings is 2. The molecule has 4 rings (SSSR count). The summed E-state index contributed by atoms with van der Waals surface area (Å²) < 4.78 is 17.6. The zero-order chi connectivity index (χ0) is 19.0. The van der Waals surface area contributed by atoms with Crippen molar-refractivity contribution in [3.8, 4) is 28.4 Å². The molecule has 1 saturated heterocycles. The van der Waals surface area contributed by atoms with Crippen LogP contribution in [0.3, 0.4) is 0 Å². The first-order valence-corrected chi connectivity index (χ1v) is 9.57. The van der Waals surface area contributed by atoms with E-state index < -0.39 is 0 Å². The largest absolute Gasteiger partial charge is 0.497 e. The molecule has 0 spiro atoms. The third-order valence-corrected chi connectivity index (χ3v) is 5.35. The molecular weight excluding hydrogens is 342 g/mol. The van der Waals surface area contributed by atoms with Crippen LogP contribution in [0.25, 0.3) is 11.1 Å². The molecular formula is C22H25NO4. The summed E-state index contributed by atoms with van der Waals surface area (Å²) in [5.41, 5.74) is 2.90. The van der Waals surface area contributed by atoms with Gasteiger partial charge >= 0.3 is 0 Å². The van der Waals surface area contributed by atoms with E-state index in [-0.39, 0.29) is 11.9 Å². The van der Waals surface area contributed by atoms with Gasteiger partial charge in [-0.2, -0.15) is 0 Å². The van der Waals surface area contributed by atoms with E-state index in [1.54, 1.807) is 13.2 Å². The smallest absolute Gasteiger partial charge is 0.194 e. The Morgan fingerprint density at radius 3 is 2.70 bits per heavy atom. The first kappa shape index (κ1) is 17.9. The molecule has 1 N–H and O–H groups in total. The number of ketones is 1. The minimum Gasteiger partial charge on any atom is -0.497 e. The van der Waals surface area contributed by atoms with Crippen LogP contribution >= 0.6 is 0 Å². The summed E-state index contributed by atoms with van der Waals surface area (Å²) in [5.74, 6) is 1.98. The molecule has 142 valence electrons. The van der Waals surface area contributed by atoms with Gasteiger partial charge < -0.3 is 19.5 Å². The van der Waals surface area contributed by atoms with Gasteiger partial charge in [-0.3, -0.25) is 4.79 Å². The summed E-state index contributed by atoms with van der Waals surface area (Å²) in [5, 5.41) is 3.49. The number of fused-ring (bicyclic) bond motifs is 3. The second-order valence-corrected chi connectivity index (χ2v) is 7.01. The fraction of sp³-hybridized carbons (Fsp3) is 0.409. The molecule has 0 amide bonds. The Morgan fingerprint density at radius 2 is 2.00 bits per heavy atom. The molecule has 27 heavy (non-hydrogen) atoms. The van der Waals surface area contributed by atoms with Gasteiger partial charge in [0.25, 0.3) is 0 Å². The molecule has 0 radical (unpaired) electrons. The molecule has 2 aromatic rings. The van der Waals surface area contributed by atoms with Gasteiger partial charge in [-0.15, -0.1) is 0 Å². The number of carbonyl (C=O) groups excluding carboxylic acids is 1. The quantitative estimate of drug-likeness (QED) is 0.718. The SMILES string of the molecule is CCOc1cc(OC)cc2c1-c1c(OC(C)C3CCCN3)cccc1C2=O. The molecule has 2 unspecified atom stereocenters. The number of nitrogens with one attached hydrogen (secondary N) is 1. The second kappa shape index (κ2) is 7.24. The molecule has 5 nitrogen and oxygen atoms in total. The van der Waals surface area contributed by atoms with E-state index in [0.29, 0.717) is 35.3 Å². The lowest BCUT2D eigenvalue weighted by Gasteiger charge is -2.23. The van der Waals surface area contributed by atoms with E-state index in [2.05, 4.69) is 12.2 Å². The van der Waals surface area contributed by atoms with Crippen LogP contribution in [0.2, 0.25) is 0 Å². The van der Waals surface area contributed by atoms with E-state index in [9.17, 15) is 4.79 Å². The van der Waals surface area contributed by atoms with Crippen molar-refractivity contribution < 1.29 is 19.0 Å². The van der Waals surface area contributed by atoms with Crippen LogP contribution in [0.5, 0.6) is 17.2 Å². The first-order valence-electron chi connectivity index (χ1n) is 9.57. The van der Waals surface area contributed by atoms with Crippen LogP contribution in [-0.4, -0.2) is 38.2 Å². The lowest BCUT2D eigenvalue weighted by atomic mass is 10.0. The first-order chi connectivity index (χ1) is 13.1. The minimum absolute atomic E-state index is 0.0167. The number of hydrogen-bond acceptors (Lipinski definition) is 5. The molecule has 1 heterocycles. The summed E-state index contributed by atoms with van der Waals surface area (Å²) >= 11 is 0. The van der Waals surface area contributed by atoms with E-state index in [0.717, 1.165) is 29.8 Å². The lowest BCUT2D eigenvalue weighted by molar-refractivity contribution is 0.104. The fourth-order valence-corrected chi connectivity index (χ4v) is 4.03. The zero-order valence-electron chi connectivity index (χ0n) is 16.0. The third-order valence-electron chi connectivity index (χ3n) is 5.35. The molecule has 2 aromatic carbocycles. The van der Waals surface area contributed by atoms with Crippen molar-refractivity contribution in [2.45, 2.75) is 38.8 Å². The van der Waals surface area contributed by atoms with Crippen molar-refractivity contribution in [2.24, 2.45) is 0 Å². The Labute approximate surface area is 159 Å². The average molecular weight is 367 g/mol. The van der Waals surface area contributed by atoms with E-state index >= 15 is 0 Å². The molecule has 0 aromatic heterocycles. The van der Waals surface area contributed by atoms with Crippen molar-refractivity contribution in [2.75, 3.05) is 20.3 Å². The Balaban J connectivity index is 1.80. The van der Waals surface area contributed by atoms with Crippen LogP contribution in [0, 0.1) is 0 Å². The highest BCUT2D eigenvalue weighted by atomic mass is 16.5. The number of ether oxygens (including phenoxy) is 3. The maximum atomic E-state index is 13.0. The predicted molar refractivity (Wildman–Crippen MR) is 104 cm³/mol. The highest BCUT2D eigenvalue weighted by Crippen LogP contribution is 2.49. The second-order valence-electron chi connectivity index (χ2n) is 7.01. The van der Waals surface area contributed by atoms with Crippen LogP contribution in [0.15, 0.2) is 30.3 Å². The van der Waals surface area contributed by atoms with E-state index in [1.165, 1.54) is 6.42 Å². The van der Waals surface area contributed by atoms with Gasteiger partial charge in [-0.1, -0.05) is 12.1 Å². The van der Waals surface area contributed by atoms with E-state index in [1.807, 2.05) is 31.2 Å². The molecule has 1 aliphatic carbocycles. The molecule has 5 heteroatoms. The Morgan fingerprint density at radius 1 is 1.19 bits per heavy atom. The van der Waals surface area contributed by atoms with Gasteiger partial charge in [0.15, 0.2) is 5.78 Å². The van der Waals surface area contributed by atoms with E-state index in [4.69, 9.17) is 14.2 Å². The van der Waals surface area contributed by atoms with Crippen molar-refractivity contribution in [1.29, 1.82) is 0 Å². The maximum Gasteiger partial charge on any atom is 0.194 e. The number of carbonyl (C=O) groups is 1. The minimum atomic E-state index is -0.0167. The summed E-state index contributed by atoms with van der Waals surface area (Å²) in [7, 11) is 1.59. The molecule has 1 aliphatic heterocycles. The van der Waals surface area contributed by atoms with Crippen LogP contribution in [0.4, 0.5) is 0 Å². The monoisotopic (exact) mass is 367 g/mol. The number of hydrogen-bond donors (Lipinski definition) is 1. The van der Waals surface area contributed by atoms with Gasteiger partial charge in [0.05, 0.1) is 13.7 Å². The third kappa shape index (κ3) is 3.06. The highest BCUT2D eigenvalue weighted by molar-refractivity contribution is 6.23. The topological polar surface area (TPSA) is 56.8 Å². The normalized spacial score (nSPS) is 18.8. The highest BCUT2D eigenvalue weighted by Gasteiger charge is 2.34. The Kier molecular flexibility index (Phi) is 4.79. The summed E-state index contributed by atoms with van der Waals surface area (Å²) in [4.78, 5) is 13.0. The van der Waals surface area contributed by atoms with Gasteiger partial charge in [0, 0.05) is 34.4 Å². The number of methoxy groups -OCH3 is 1.